The van der Waals surface area contributed by atoms with E-state index in [1.807, 2.05) is 24.3 Å². The Labute approximate surface area is 151 Å². The van der Waals surface area contributed by atoms with Crippen molar-refractivity contribution < 1.29 is 19.1 Å². The van der Waals surface area contributed by atoms with E-state index in [-0.39, 0.29) is 6.42 Å². The molecule has 0 aliphatic rings. The number of amides is 1. The van der Waals surface area contributed by atoms with Gasteiger partial charge in [0.2, 0.25) is 0 Å². The lowest BCUT2D eigenvalue weighted by molar-refractivity contribution is -0.146. The van der Waals surface area contributed by atoms with Gasteiger partial charge in [-0.1, -0.05) is 60.1 Å². The predicted molar refractivity (Wildman–Crippen MR) is 95.3 cm³/mol. The summed E-state index contributed by atoms with van der Waals surface area (Å²) in [5.41, 5.74) is 1.44. The first-order chi connectivity index (χ1) is 12.1. The molecule has 0 aromatic heterocycles. The van der Waals surface area contributed by atoms with Gasteiger partial charge in [0.15, 0.2) is 6.10 Å². The topological polar surface area (TPSA) is 64.6 Å². The quantitative estimate of drug-likeness (QED) is 0.770. The fraction of sp³-hybridized carbons (Fsp3) is 0.263. The molecule has 1 amide bonds. The van der Waals surface area contributed by atoms with Gasteiger partial charge in [-0.3, -0.25) is 4.79 Å². The highest BCUT2D eigenvalue weighted by Gasteiger charge is 2.27. The van der Waals surface area contributed by atoms with Gasteiger partial charge >= 0.3 is 5.97 Å². The van der Waals surface area contributed by atoms with Crippen LogP contribution < -0.4 is 5.32 Å². The predicted octanol–water partition coefficient (Wildman–Crippen LogP) is 2.93. The van der Waals surface area contributed by atoms with E-state index in [4.69, 9.17) is 21.1 Å². The van der Waals surface area contributed by atoms with E-state index in [9.17, 15) is 9.59 Å². The second-order valence-electron chi connectivity index (χ2n) is 5.41. The lowest BCUT2D eigenvalue weighted by Gasteiger charge is -2.21. The number of halogens is 1. The Morgan fingerprint density at radius 3 is 2.28 bits per heavy atom. The Balaban J connectivity index is 2.17. The van der Waals surface area contributed by atoms with Crippen molar-refractivity contribution in [2.45, 2.75) is 18.6 Å². The number of esters is 1. The molecule has 2 rings (SSSR count). The molecule has 132 valence electrons. The largest absolute Gasteiger partial charge is 0.467 e. The first-order valence-corrected chi connectivity index (χ1v) is 8.14. The van der Waals surface area contributed by atoms with Crippen molar-refractivity contribution in [2.75, 3.05) is 14.2 Å². The Morgan fingerprint density at radius 1 is 1.04 bits per heavy atom. The molecule has 0 unspecified atom stereocenters. The number of benzene rings is 2. The molecule has 0 radical (unpaired) electrons. The van der Waals surface area contributed by atoms with E-state index < -0.39 is 24.0 Å². The maximum Gasteiger partial charge on any atom is 0.328 e. The van der Waals surface area contributed by atoms with Crippen molar-refractivity contribution in [3.05, 3.63) is 70.7 Å². The van der Waals surface area contributed by atoms with Gasteiger partial charge in [0.25, 0.3) is 5.91 Å². The molecule has 6 heteroatoms. The summed E-state index contributed by atoms with van der Waals surface area (Å²) in [7, 11) is 2.72. The molecule has 0 aliphatic carbocycles. The van der Waals surface area contributed by atoms with Gasteiger partial charge in [-0.15, -0.1) is 0 Å². The van der Waals surface area contributed by atoms with Crippen molar-refractivity contribution in [3.8, 4) is 0 Å². The number of carbonyl (C=O) groups is 2. The Morgan fingerprint density at radius 2 is 1.68 bits per heavy atom. The zero-order chi connectivity index (χ0) is 18.2. The summed E-state index contributed by atoms with van der Waals surface area (Å²) in [6.45, 7) is 0. The second-order valence-corrected chi connectivity index (χ2v) is 5.81. The van der Waals surface area contributed by atoms with E-state index in [2.05, 4.69) is 5.32 Å². The fourth-order valence-electron chi connectivity index (χ4n) is 2.49. The van der Waals surface area contributed by atoms with Gasteiger partial charge in [-0.25, -0.2) is 4.79 Å². The number of hydrogen-bond acceptors (Lipinski definition) is 4. The van der Waals surface area contributed by atoms with Crippen LogP contribution in [0.4, 0.5) is 0 Å². The Kier molecular flexibility index (Phi) is 6.98. The van der Waals surface area contributed by atoms with Gasteiger partial charge in [-0.2, -0.15) is 0 Å². The van der Waals surface area contributed by atoms with Gasteiger partial charge in [0.05, 0.1) is 7.11 Å². The number of hydrogen-bond donors (Lipinski definition) is 1. The van der Waals surface area contributed by atoms with Gasteiger partial charge in [-0.05, 0) is 17.2 Å². The number of rotatable bonds is 7. The molecule has 25 heavy (non-hydrogen) atoms. The van der Waals surface area contributed by atoms with Gasteiger partial charge in [0, 0.05) is 18.6 Å². The maximum absolute atomic E-state index is 12.6. The maximum atomic E-state index is 12.6. The van der Waals surface area contributed by atoms with Crippen LogP contribution in [-0.4, -0.2) is 32.1 Å². The lowest BCUT2D eigenvalue weighted by Crippen LogP contribution is -2.45. The molecule has 0 fully saturated rings. The zero-order valence-corrected chi connectivity index (χ0v) is 14.8. The average Bonchev–Trinajstić information content (AvgIpc) is 2.63. The van der Waals surface area contributed by atoms with E-state index in [0.29, 0.717) is 10.6 Å². The van der Waals surface area contributed by atoms with E-state index in [1.165, 1.54) is 14.2 Å². The van der Waals surface area contributed by atoms with Crippen LogP contribution in [0.2, 0.25) is 5.02 Å². The molecule has 1 N–H and O–H groups in total. The molecular formula is C19H20ClNO4. The third-order valence-corrected chi connectivity index (χ3v) is 4.13. The average molecular weight is 362 g/mol. The van der Waals surface area contributed by atoms with E-state index in [0.717, 1.165) is 5.56 Å². The van der Waals surface area contributed by atoms with Gasteiger partial charge < -0.3 is 14.8 Å². The lowest BCUT2D eigenvalue weighted by atomic mass is 10.0. The standard InChI is InChI=1S/C19H20ClNO4/c1-24-17(13-8-4-3-5-9-13)18(22)21-16(19(23)25-2)12-14-10-6-7-11-15(14)20/h3-11,16-17H,12H2,1-2H3,(H,21,22)/t16-,17-/m1/s1. The van der Waals surface area contributed by atoms with E-state index in [1.54, 1.807) is 30.3 Å². The third kappa shape index (κ3) is 5.05. The van der Waals surface area contributed by atoms with Crippen LogP contribution in [0.25, 0.3) is 0 Å². The number of carbonyl (C=O) groups excluding carboxylic acids is 2. The number of methoxy groups -OCH3 is 2. The molecule has 0 saturated carbocycles. The first kappa shape index (κ1) is 19.0. The van der Waals surface area contributed by atoms with Crippen LogP contribution in [-0.2, 0) is 25.5 Å². The van der Waals surface area contributed by atoms with E-state index >= 15 is 0 Å². The highest BCUT2D eigenvalue weighted by Crippen LogP contribution is 2.19. The summed E-state index contributed by atoms with van der Waals surface area (Å²) >= 11 is 6.15. The normalized spacial score (nSPS) is 12.9. The van der Waals surface area contributed by atoms with Crippen LogP contribution in [0.5, 0.6) is 0 Å². The molecular weight excluding hydrogens is 342 g/mol. The van der Waals surface area contributed by atoms with Crippen LogP contribution in [0.1, 0.15) is 17.2 Å². The minimum Gasteiger partial charge on any atom is -0.467 e. The summed E-state index contributed by atoms with van der Waals surface area (Å²) < 4.78 is 10.1. The number of ether oxygens (including phenoxy) is 2. The molecule has 0 aliphatic heterocycles. The van der Waals surface area contributed by atoms with Crippen molar-refractivity contribution >= 4 is 23.5 Å². The minimum absolute atomic E-state index is 0.226. The molecule has 5 nitrogen and oxygen atoms in total. The summed E-state index contributed by atoms with van der Waals surface area (Å²) in [6, 6.07) is 15.3. The van der Waals surface area contributed by atoms with Gasteiger partial charge in [0.1, 0.15) is 6.04 Å². The monoisotopic (exact) mass is 361 g/mol. The molecule has 2 atom stereocenters. The molecule has 0 saturated heterocycles. The zero-order valence-electron chi connectivity index (χ0n) is 14.1. The van der Waals surface area contributed by atoms with Crippen molar-refractivity contribution in [1.29, 1.82) is 0 Å². The highest BCUT2D eigenvalue weighted by molar-refractivity contribution is 6.31. The summed E-state index contributed by atoms with van der Waals surface area (Å²) in [5, 5.41) is 3.22. The molecule has 0 spiro atoms. The minimum atomic E-state index is -0.862. The highest BCUT2D eigenvalue weighted by atomic mass is 35.5. The van der Waals surface area contributed by atoms with Crippen LogP contribution in [0.15, 0.2) is 54.6 Å². The second kappa shape index (κ2) is 9.20. The van der Waals surface area contributed by atoms with Crippen LogP contribution in [0.3, 0.4) is 0 Å². The Bertz CT molecular complexity index is 720. The molecule has 0 heterocycles. The van der Waals surface area contributed by atoms with Crippen LogP contribution >= 0.6 is 11.6 Å². The number of nitrogens with one attached hydrogen (secondary N) is 1. The van der Waals surface area contributed by atoms with Crippen LogP contribution in [0, 0.1) is 0 Å². The third-order valence-electron chi connectivity index (χ3n) is 3.76. The van der Waals surface area contributed by atoms with Crippen molar-refractivity contribution in [1.82, 2.24) is 5.32 Å². The molecule has 0 bridgehead atoms. The summed E-state index contributed by atoms with van der Waals surface area (Å²) in [6.07, 6.45) is -0.594. The SMILES string of the molecule is COC(=O)[C@@H](Cc1ccccc1Cl)NC(=O)[C@H](OC)c1ccccc1. The smallest absolute Gasteiger partial charge is 0.328 e. The molecule has 2 aromatic carbocycles. The summed E-state index contributed by atoms with van der Waals surface area (Å²) in [4.78, 5) is 24.7. The first-order valence-electron chi connectivity index (χ1n) is 7.76. The molecule has 2 aromatic rings. The fourth-order valence-corrected chi connectivity index (χ4v) is 2.70. The summed E-state index contributed by atoms with van der Waals surface area (Å²) in [5.74, 6) is -0.965. The Hall–Kier alpha value is -2.37. The van der Waals surface area contributed by atoms with Crippen molar-refractivity contribution in [3.63, 3.8) is 0 Å². The van der Waals surface area contributed by atoms with Crippen molar-refractivity contribution in [2.24, 2.45) is 0 Å².